The Morgan fingerprint density at radius 1 is 1.53 bits per heavy atom. The fourth-order valence-electron chi connectivity index (χ4n) is 1.72. The third-order valence-corrected chi connectivity index (χ3v) is 2.80. The molecule has 0 aliphatic rings. The number of rotatable bonds is 6. The number of hydrogen-bond acceptors (Lipinski definition) is 3. The van der Waals surface area contributed by atoms with Crippen molar-refractivity contribution in [2.45, 2.75) is 32.2 Å². The van der Waals surface area contributed by atoms with Crippen LogP contribution in [0.25, 0.3) is 0 Å². The van der Waals surface area contributed by atoms with Crippen LogP contribution in [0.15, 0.2) is 18.2 Å². The van der Waals surface area contributed by atoms with Crippen LogP contribution in [-0.2, 0) is 0 Å². The van der Waals surface area contributed by atoms with Crippen molar-refractivity contribution in [1.82, 2.24) is 0 Å². The summed E-state index contributed by atoms with van der Waals surface area (Å²) in [6.07, 6.45) is 2.14. The molecule has 2 N–H and O–H groups in total. The van der Waals surface area contributed by atoms with E-state index in [9.17, 15) is 4.79 Å². The molecule has 1 aromatic carbocycles. The first-order valence-electron chi connectivity index (χ1n) is 5.70. The van der Waals surface area contributed by atoms with Gasteiger partial charge in [-0.05, 0) is 24.6 Å². The van der Waals surface area contributed by atoms with Gasteiger partial charge in [-0.25, -0.2) is 0 Å². The number of nitrogens with two attached hydrogens (primary N) is 1. The molecule has 0 fully saturated rings. The van der Waals surface area contributed by atoms with Crippen molar-refractivity contribution in [1.29, 1.82) is 0 Å². The van der Waals surface area contributed by atoms with Crippen molar-refractivity contribution in [3.8, 4) is 5.75 Å². The molecule has 17 heavy (non-hydrogen) atoms. The van der Waals surface area contributed by atoms with Gasteiger partial charge in [0.2, 0.25) is 0 Å². The topological polar surface area (TPSA) is 52.3 Å². The number of hydrogen-bond donors (Lipinski definition) is 1. The van der Waals surface area contributed by atoms with E-state index in [2.05, 4.69) is 0 Å². The van der Waals surface area contributed by atoms with Crippen LogP contribution in [0.4, 0.5) is 0 Å². The molecule has 0 heterocycles. The summed E-state index contributed by atoms with van der Waals surface area (Å²) in [5.74, 6) is 0.522. The zero-order valence-corrected chi connectivity index (χ0v) is 11.0. The molecule has 0 aliphatic heterocycles. The van der Waals surface area contributed by atoms with Gasteiger partial charge >= 0.3 is 0 Å². The van der Waals surface area contributed by atoms with E-state index in [1.165, 1.54) is 7.11 Å². The predicted octanol–water partition coefficient (Wildman–Crippen LogP) is 3.05. The molecule has 3 nitrogen and oxygen atoms in total. The molecule has 0 radical (unpaired) electrons. The van der Waals surface area contributed by atoms with Gasteiger partial charge in [0.05, 0.1) is 12.7 Å². The van der Waals surface area contributed by atoms with E-state index < -0.39 is 0 Å². The number of halogens is 1. The standard InChI is InChI=1S/C13H18ClNO2/c1-3-4-10(15)8-12(16)11-7-9(14)5-6-13(11)17-2/h5-7,10H,3-4,8,15H2,1-2H3. The fraction of sp³-hybridized carbons (Fsp3) is 0.462. The zero-order valence-electron chi connectivity index (χ0n) is 10.2. The minimum Gasteiger partial charge on any atom is -0.496 e. The van der Waals surface area contributed by atoms with Gasteiger partial charge in [-0.1, -0.05) is 24.9 Å². The molecule has 94 valence electrons. The number of carbonyl (C=O) groups excluding carboxylic acids is 1. The van der Waals surface area contributed by atoms with Crippen LogP contribution in [0, 0.1) is 0 Å². The van der Waals surface area contributed by atoms with Gasteiger partial charge < -0.3 is 10.5 Å². The van der Waals surface area contributed by atoms with E-state index >= 15 is 0 Å². The summed E-state index contributed by atoms with van der Waals surface area (Å²) < 4.78 is 5.14. The molecule has 1 rings (SSSR count). The van der Waals surface area contributed by atoms with Crippen molar-refractivity contribution in [3.05, 3.63) is 28.8 Å². The van der Waals surface area contributed by atoms with Crippen molar-refractivity contribution in [3.63, 3.8) is 0 Å². The Balaban J connectivity index is 2.83. The molecule has 1 atom stereocenters. The van der Waals surface area contributed by atoms with Gasteiger partial charge in [-0.3, -0.25) is 4.79 Å². The number of carbonyl (C=O) groups is 1. The summed E-state index contributed by atoms with van der Waals surface area (Å²) >= 11 is 5.88. The first-order valence-corrected chi connectivity index (χ1v) is 6.08. The second-order valence-electron chi connectivity index (χ2n) is 4.02. The second-order valence-corrected chi connectivity index (χ2v) is 4.46. The average Bonchev–Trinajstić information content (AvgIpc) is 2.29. The molecule has 1 aromatic rings. The maximum Gasteiger partial charge on any atom is 0.168 e. The van der Waals surface area contributed by atoms with Gasteiger partial charge in [-0.2, -0.15) is 0 Å². The third-order valence-electron chi connectivity index (χ3n) is 2.57. The third kappa shape index (κ3) is 4.02. The molecule has 0 aromatic heterocycles. The lowest BCUT2D eigenvalue weighted by atomic mass is 10.0. The summed E-state index contributed by atoms with van der Waals surface area (Å²) in [4.78, 5) is 12.0. The van der Waals surface area contributed by atoms with Crippen LogP contribution in [-0.4, -0.2) is 18.9 Å². The zero-order chi connectivity index (χ0) is 12.8. The van der Waals surface area contributed by atoms with Crippen LogP contribution in [0.1, 0.15) is 36.5 Å². The summed E-state index contributed by atoms with van der Waals surface area (Å²) in [6, 6.07) is 4.92. The van der Waals surface area contributed by atoms with Crippen LogP contribution in [0.2, 0.25) is 5.02 Å². The minimum absolute atomic E-state index is 0.0229. The van der Waals surface area contributed by atoms with E-state index in [-0.39, 0.29) is 11.8 Å². The van der Waals surface area contributed by atoms with E-state index in [4.69, 9.17) is 22.1 Å². The molecule has 0 bridgehead atoms. The Hall–Kier alpha value is -1.06. The number of methoxy groups -OCH3 is 1. The maximum atomic E-state index is 12.0. The van der Waals surface area contributed by atoms with E-state index in [0.29, 0.717) is 22.8 Å². The van der Waals surface area contributed by atoms with Crippen LogP contribution >= 0.6 is 11.6 Å². The minimum atomic E-state index is -0.101. The van der Waals surface area contributed by atoms with Crippen LogP contribution in [0.3, 0.4) is 0 Å². The molecule has 0 aliphatic carbocycles. The second kappa shape index (κ2) is 6.62. The smallest absolute Gasteiger partial charge is 0.168 e. The molecule has 0 spiro atoms. The highest BCUT2D eigenvalue weighted by Crippen LogP contribution is 2.24. The van der Waals surface area contributed by atoms with Crippen molar-refractivity contribution in [2.24, 2.45) is 5.73 Å². The molecule has 0 saturated heterocycles. The number of ether oxygens (including phenoxy) is 1. The molecule has 1 unspecified atom stereocenters. The van der Waals surface area contributed by atoms with Gasteiger partial charge in [0.15, 0.2) is 5.78 Å². The Morgan fingerprint density at radius 2 is 2.24 bits per heavy atom. The van der Waals surface area contributed by atoms with E-state index in [0.717, 1.165) is 12.8 Å². The van der Waals surface area contributed by atoms with E-state index in [1.807, 2.05) is 6.92 Å². The molecule has 0 amide bonds. The van der Waals surface area contributed by atoms with Crippen molar-refractivity contribution in [2.75, 3.05) is 7.11 Å². The Morgan fingerprint density at radius 3 is 2.82 bits per heavy atom. The van der Waals surface area contributed by atoms with Gasteiger partial charge in [0.25, 0.3) is 0 Å². The lowest BCUT2D eigenvalue weighted by Crippen LogP contribution is -2.23. The summed E-state index contributed by atoms with van der Waals surface area (Å²) in [7, 11) is 1.53. The van der Waals surface area contributed by atoms with Crippen molar-refractivity contribution >= 4 is 17.4 Å². The summed E-state index contributed by atoms with van der Waals surface area (Å²) in [5.41, 5.74) is 6.36. The lowest BCUT2D eigenvalue weighted by Gasteiger charge is -2.11. The van der Waals surface area contributed by atoms with Gasteiger partial charge in [0, 0.05) is 17.5 Å². The molecule has 4 heteroatoms. The lowest BCUT2D eigenvalue weighted by molar-refractivity contribution is 0.0970. The van der Waals surface area contributed by atoms with Crippen LogP contribution < -0.4 is 10.5 Å². The largest absolute Gasteiger partial charge is 0.496 e. The van der Waals surface area contributed by atoms with E-state index in [1.54, 1.807) is 18.2 Å². The monoisotopic (exact) mass is 255 g/mol. The summed E-state index contributed by atoms with van der Waals surface area (Å²) in [6.45, 7) is 2.05. The fourth-order valence-corrected chi connectivity index (χ4v) is 1.89. The Bertz CT molecular complexity index is 393. The molecule has 0 saturated carbocycles. The number of ketones is 1. The quantitative estimate of drug-likeness (QED) is 0.795. The highest BCUT2D eigenvalue weighted by Gasteiger charge is 2.15. The average molecular weight is 256 g/mol. The maximum absolute atomic E-state index is 12.0. The SMILES string of the molecule is CCCC(N)CC(=O)c1cc(Cl)ccc1OC. The molecular weight excluding hydrogens is 238 g/mol. The Labute approximate surface area is 107 Å². The highest BCUT2D eigenvalue weighted by atomic mass is 35.5. The predicted molar refractivity (Wildman–Crippen MR) is 69.8 cm³/mol. The van der Waals surface area contributed by atoms with Crippen molar-refractivity contribution < 1.29 is 9.53 Å². The Kier molecular flexibility index (Phi) is 5.45. The first-order chi connectivity index (χ1) is 8.08. The highest BCUT2D eigenvalue weighted by molar-refractivity contribution is 6.31. The molecular formula is C13H18ClNO2. The van der Waals surface area contributed by atoms with Gasteiger partial charge in [-0.15, -0.1) is 0 Å². The summed E-state index contributed by atoms with van der Waals surface area (Å²) in [5, 5.41) is 0.526. The van der Waals surface area contributed by atoms with Gasteiger partial charge in [0.1, 0.15) is 5.75 Å². The first kappa shape index (κ1) is 14.0. The normalized spacial score (nSPS) is 12.2. The number of benzene rings is 1. The number of Topliss-reactive ketones (excluding diaryl/α,β-unsaturated/α-hetero) is 1. The van der Waals surface area contributed by atoms with Crippen LogP contribution in [0.5, 0.6) is 5.75 Å².